The van der Waals surface area contributed by atoms with Crippen LogP contribution in [0.25, 0.3) is 0 Å². The van der Waals surface area contributed by atoms with E-state index in [9.17, 15) is 9.59 Å². The summed E-state index contributed by atoms with van der Waals surface area (Å²) in [6.07, 6.45) is 2.43. The number of hydrogen-bond donors (Lipinski definition) is 2. The predicted octanol–water partition coefficient (Wildman–Crippen LogP) is 4.80. The van der Waals surface area contributed by atoms with Crippen molar-refractivity contribution in [3.63, 3.8) is 0 Å². The number of amides is 1. The van der Waals surface area contributed by atoms with Crippen LogP contribution in [-0.2, 0) is 20.7 Å². The van der Waals surface area contributed by atoms with Crippen LogP contribution in [0.3, 0.4) is 0 Å². The van der Waals surface area contributed by atoms with E-state index in [4.69, 9.17) is 21.7 Å². The van der Waals surface area contributed by atoms with E-state index in [0.717, 1.165) is 29.9 Å². The summed E-state index contributed by atoms with van der Waals surface area (Å²) in [6.45, 7) is 6.53. The van der Waals surface area contributed by atoms with Gasteiger partial charge in [0.15, 0.2) is 5.11 Å². The van der Waals surface area contributed by atoms with E-state index < -0.39 is 0 Å². The Bertz CT molecular complexity index is 898. The van der Waals surface area contributed by atoms with Crippen LogP contribution in [0.1, 0.15) is 38.2 Å². The summed E-state index contributed by atoms with van der Waals surface area (Å²) in [6, 6.07) is 17.3. The number of aryl methyl sites for hydroxylation is 1. The normalized spacial score (nSPS) is 10.2. The second kappa shape index (κ2) is 14.0. The summed E-state index contributed by atoms with van der Waals surface area (Å²) < 4.78 is 10.8. The van der Waals surface area contributed by atoms with E-state index in [1.807, 2.05) is 37.3 Å². The number of thiocarbonyl (C=S) groups is 1. The highest BCUT2D eigenvalue weighted by atomic mass is 32.1. The van der Waals surface area contributed by atoms with Crippen LogP contribution in [0.15, 0.2) is 66.7 Å². The van der Waals surface area contributed by atoms with Gasteiger partial charge in [-0.25, -0.2) is 0 Å². The molecule has 170 valence electrons. The van der Waals surface area contributed by atoms with Crippen LogP contribution in [0.2, 0.25) is 0 Å². The van der Waals surface area contributed by atoms with Gasteiger partial charge >= 0.3 is 5.97 Å². The van der Waals surface area contributed by atoms with Crippen molar-refractivity contribution in [3.8, 4) is 5.75 Å². The highest BCUT2D eigenvalue weighted by Gasteiger charge is 2.08. The zero-order valence-corrected chi connectivity index (χ0v) is 19.2. The maximum atomic E-state index is 12.0. The molecule has 2 aromatic rings. The molecule has 0 aliphatic rings. The average molecular weight is 455 g/mol. The molecule has 0 fully saturated rings. The summed E-state index contributed by atoms with van der Waals surface area (Å²) in [4.78, 5) is 23.8. The van der Waals surface area contributed by atoms with Crippen molar-refractivity contribution >= 4 is 34.9 Å². The monoisotopic (exact) mass is 454 g/mol. The third-order valence-electron chi connectivity index (χ3n) is 4.35. The molecule has 0 unspecified atom stereocenters. The zero-order chi connectivity index (χ0) is 23.2. The van der Waals surface area contributed by atoms with Gasteiger partial charge in [0.2, 0.25) is 5.91 Å². The average Bonchev–Trinajstić information content (AvgIpc) is 2.77. The fourth-order valence-corrected chi connectivity index (χ4v) is 3.00. The molecule has 2 N–H and O–H groups in total. The lowest BCUT2D eigenvalue weighted by Gasteiger charge is -2.11. The number of ether oxygens (including phenoxy) is 2. The Morgan fingerprint density at radius 2 is 1.72 bits per heavy atom. The van der Waals surface area contributed by atoms with E-state index in [2.05, 4.69) is 17.2 Å². The van der Waals surface area contributed by atoms with Crippen molar-refractivity contribution in [2.75, 3.05) is 18.5 Å². The zero-order valence-electron chi connectivity index (χ0n) is 18.4. The highest BCUT2D eigenvalue weighted by Crippen LogP contribution is 2.16. The molecule has 2 aromatic carbocycles. The molecule has 6 nitrogen and oxygen atoms in total. The smallest absolute Gasteiger partial charge is 0.305 e. The molecule has 7 heteroatoms. The first-order chi connectivity index (χ1) is 15.4. The number of hydrogen-bond acceptors (Lipinski definition) is 5. The molecule has 0 aliphatic carbocycles. The van der Waals surface area contributed by atoms with Crippen molar-refractivity contribution in [1.82, 2.24) is 5.32 Å². The molecule has 0 radical (unpaired) electrons. The third-order valence-corrected chi connectivity index (χ3v) is 4.55. The molecule has 0 saturated heterocycles. The minimum absolute atomic E-state index is 0.189. The molecule has 0 saturated carbocycles. The second-order valence-corrected chi connectivity index (χ2v) is 7.84. The summed E-state index contributed by atoms with van der Waals surface area (Å²) in [5, 5.41) is 5.76. The topological polar surface area (TPSA) is 76.7 Å². The van der Waals surface area contributed by atoms with Gasteiger partial charge in [-0.05, 0) is 73.8 Å². The van der Waals surface area contributed by atoms with E-state index in [0.29, 0.717) is 19.6 Å². The third kappa shape index (κ3) is 10.7. The number of benzene rings is 2. The maximum absolute atomic E-state index is 12.0. The minimum atomic E-state index is -0.291. The van der Waals surface area contributed by atoms with Crippen molar-refractivity contribution in [2.24, 2.45) is 0 Å². The van der Waals surface area contributed by atoms with Crippen LogP contribution >= 0.6 is 12.2 Å². The fraction of sp³-hybridized carbons (Fsp3) is 0.320. The van der Waals surface area contributed by atoms with Crippen molar-refractivity contribution in [1.29, 1.82) is 0 Å². The number of esters is 1. The fourth-order valence-electron chi connectivity index (χ4n) is 2.76. The van der Waals surface area contributed by atoms with Gasteiger partial charge in [0.25, 0.3) is 0 Å². The summed E-state index contributed by atoms with van der Waals surface area (Å²) in [5.74, 6) is 0.182. The lowest BCUT2D eigenvalue weighted by Crippen LogP contribution is -2.34. The van der Waals surface area contributed by atoms with Gasteiger partial charge in [0, 0.05) is 18.5 Å². The Morgan fingerprint density at radius 1 is 1.00 bits per heavy atom. The van der Waals surface area contributed by atoms with Crippen molar-refractivity contribution in [2.45, 2.75) is 39.0 Å². The van der Waals surface area contributed by atoms with E-state index in [1.165, 1.54) is 5.56 Å². The van der Waals surface area contributed by atoms with E-state index in [-0.39, 0.29) is 29.8 Å². The first kappa shape index (κ1) is 25.1. The minimum Gasteiger partial charge on any atom is -0.489 e. The first-order valence-electron chi connectivity index (χ1n) is 10.6. The molecular weight excluding hydrogens is 424 g/mol. The molecule has 0 spiro atoms. The predicted molar refractivity (Wildman–Crippen MR) is 131 cm³/mol. The second-order valence-electron chi connectivity index (χ2n) is 7.44. The lowest BCUT2D eigenvalue weighted by molar-refractivity contribution is -0.143. The van der Waals surface area contributed by atoms with Crippen LogP contribution in [0, 0.1) is 0 Å². The SMILES string of the molecule is C=C(C)COc1ccc(NC(=S)NC(=O)CCCC(=O)OCCCc2ccccc2)cc1. The standard InChI is InChI=1S/C25H30N2O4S/c1-19(2)18-31-22-15-13-21(14-16-22)26-25(32)27-23(28)11-6-12-24(29)30-17-7-10-20-8-4-3-5-9-20/h3-5,8-9,13-16H,1,6-7,10-12,17-18H2,2H3,(H2,26,27,28,32). The first-order valence-corrected chi connectivity index (χ1v) is 11.0. The Labute approximate surface area is 195 Å². The Hall–Kier alpha value is -3.19. The number of nitrogens with one attached hydrogen (secondary N) is 2. The number of carbonyl (C=O) groups excluding carboxylic acids is 2. The molecule has 1 amide bonds. The lowest BCUT2D eigenvalue weighted by atomic mass is 10.1. The van der Waals surface area contributed by atoms with Crippen LogP contribution in [0.4, 0.5) is 5.69 Å². The molecule has 0 heterocycles. The van der Waals surface area contributed by atoms with E-state index >= 15 is 0 Å². The van der Waals surface area contributed by atoms with Gasteiger partial charge in [-0.15, -0.1) is 0 Å². The van der Waals surface area contributed by atoms with Gasteiger partial charge in [-0.1, -0.05) is 36.9 Å². The Kier molecular flexibility index (Phi) is 11.0. The van der Waals surface area contributed by atoms with Crippen molar-refractivity contribution < 1.29 is 19.1 Å². The van der Waals surface area contributed by atoms with Crippen molar-refractivity contribution in [3.05, 3.63) is 72.3 Å². The van der Waals surface area contributed by atoms with Gasteiger partial charge < -0.3 is 20.1 Å². The maximum Gasteiger partial charge on any atom is 0.305 e. The Balaban J connectivity index is 1.56. The number of rotatable bonds is 12. The number of anilines is 1. The largest absolute Gasteiger partial charge is 0.489 e. The molecular formula is C25H30N2O4S. The van der Waals surface area contributed by atoms with E-state index in [1.54, 1.807) is 24.3 Å². The van der Waals surface area contributed by atoms with Gasteiger partial charge in [-0.3, -0.25) is 9.59 Å². The molecule has 0 aromatic heterocycles. The molecule has 0 bridgehead atoms. The molecule has 32 heavy (non-hydrogen) atoms. The van der Waals surface area contributed by atoms with Crippen LogP contribution in [-0.4, -0.2) is 30.2 Å². The molecule has 0 aliphatic heterocycles. The van der Waals surface area contributed by atoms with Gasteiger partial charge in [0.1, 0.15) is 12.4 Å². The summed E-state index contributed by atoms with van der Waals surface area (Å²) in [7, 11) is 0. The molecule has 0 atom stereocenters. The summed E-state index contributed by atoms with van der Waals surface area (Å²) in [5.41, 5.74) is 2.89. The van der Waals surface area contributed by atoms with Crippen LogP contribution < -0.4 is 15.4 Å². The Morgan fingerprint density at radius 3 is 2.41 bits per heavy atom. The quantitative estimate of drug-likeness (QED) is 0.208. The van der Waals surface area contributed by atoms with Crippen LogP contribution in [0.5, 0.6) is 5.75 Å². The summed E-state index contributed by atoms with van der Waals surface area (Å²) >= 11 is 5.17. The molecule has 2 rings (SSSR count). The number of carbonyl (C=O) groups is 2. The van der Waals surface area contributed by atoms with Gasteiger partial charge in [-0.2, -0.15) is 0 Å². The van der Waals surface area contributed by atoms with Gasteiger partial charge in [0.05, 0.1) is 6.61 Å². The highest BCUT2D eigenvalue weighted by molar-refractivity contribution is 7.80.